The number of nitrogens with zero attached hydrogens (tertiary/aromatic N) is 1. The standard InChI is InChI=1S/C9H13FN2/c1-8-2-3-9(7-12-8)6-11-5-4-10/h2-3,7,11H,4-6H2,1H3. The van der Waals surface area contributed by atoms with E-state index in [-0.39, 0.29) is 6.67 Å². The van der Waals surface area contributed by atoms with Gasteiger partial charge in [0.15, 0.2) is 0 Å². The summed E-state index contributed by atoms with van der Waals surface area (Å²) in [4.78, 5) is 4.12. The van der Waals surface area contributed by atoms with Gasteiger partial charge in [0.25, 0.3) is 0 Å². The Morgan fingerprint density at radius 3 is 2.92 bits per heavy atom. The second kappa shape index (κ2) is 4.83. The van der Waals surface area contributed by atoms with Crippen LogP contribution in [0.5, 0.6) is 0 Å². The summed E-state index contributed by atoms with van der Waals surface area (Å²) in [6.07, 6.45) is 1.81. The summed E-state index contributed by atoms with van der Waals surface area (Å²) < 4.78 is 11.7. The van der Waals surface area contributed by atoms with E-state index in [0.29, 0.717) is 13.1 Å². The molecule has 2 nitrogen and oxygen atoms in total. The lowest BCUT2D eigenvalue weighted by atomic mass is 10.2. The number of alkyl halides is 1. The van der Waals surface area contributed by atoms with E-state index in [1.807, 2.05) is 19.1 Å². The molecule has 66 valence electrons. The second-order valence-electron chi connectivity index (χ2n) is 2.67. The van der Waals surface area contributed by atoms with Crippen LogP contribution < -0.4 is 5.32 Å². The number of aryl methyl sites for hydroxylation is 1. The third-order valence-corrected chi connectivity index (χ3v) is 1.57. The fourth-order valence-electron chi connectivity index (χ4n) is 0.903. The molecule has 0 spiro atoms. The minimum Gasteiger partial charge on any atom is -0.310 e. The molecule has 12 heavy (non-hydrogen) atoms. The first kappa shape index (κ1) is 9.13. The summed E-state index contributed by atoms with van der Waals surface area (Å²) in [5, 5.41) is 2.96. The normalized spacial score (nSPS) is 10.2. The van der Waals surface area contributed by atoms with E-state index in [9.17, 15) is 4.39 Å². The van der Waals surface area contributed by atoms with Crippen LogP contribution in [0.4, 0.5) is 4.39 Å². The number of hydrogen-bond acceptors (Lipinski definition) is 2. The smallest absolute Gasteiger partial charge is 0.102 e. The lowest BCUT2D eigenvalue weighted by Crippen LogP contribution is -2.15. The molecule has 1 aromatic heterocycles. The Hall–Kier alpha value is -0.960. The predicted molar refractivity (Wildman–Crippen MR) is 46.7 cm³/mol. The first-order valence-electron chi connectivity index (χ1n) is 4.01. The minimum atomic E-state index is -0.320. The molecule has 1 N–H and O–H groups in total. The number of aromatic nitrogens is 1. The molecule has 0 aromatic carbocycles. The van der Waals surface area contributed by atoms with Crippen LogP contribution in [-0.2, 0) is 6.54 Å². The van der Waals surface area contributed by atoms with Crippen molar-refractivity contribution in [2.45, 2.75) is 13.5 Å². The van der Waals surface area contributed by atoms with Crippen LogP contribution in [0.1, 0.15) is 11.3 Å². The number of nitrogens with one attached hydrogen (secondary N) is 1. The van der Waals surface area contributed by atoms with Crippen molar-refractivity contribution >= 4 is 0 Å². The second-order valence-corrected chi connectivity index (χ2v) is 2.67. The fraction of sp³-hybridized carbons (Fsp3) is 0.444. The van der Waals surface area contributed by atoms with Gasteiger partial charge in [-0.15, -0.1) is 0 Å². The maximum atomic E-state index is 11.7. The molecule has 0 amide bonds. The van der Waals surface area contributed by atoms with Gasteiger partial charge in [0.1, 0.15) is 6.67 Å². The zero-order valence-corrected chi connectivity index (χ0v) is 7.18. The number of rotatable bonds is 4. The molecule has 0 unspecified atom stereocenters. The van der Waals surface area contributed by atoms with Crippen LogP contribution in [0.25, 0.3) is 0 Å². The molecule has 0 aliphatic carbocycles. The van der Waals surface area contributed by atoms with Gasteiger partial charge in [0.2, 0.25) is 0 Å². The molecule has 1 heterocycles. The van der Waals surface area contributed by atoms with Crippen LogP contribution >= 0.6 is 0 Å². The van der Waals surface area contributed by atoms with Crippen molar-refractivity contribution in [2.75, 3.05) is 13.2 Å². The summed E-state index contributed by atoms with van der Waals surface area (Å²) >= 11 is 0. The minimum absolute atomic E-state index is 0.320. The monoisotopic (exact) mass is 168 g/mol. The van der Waals surface area contributed by atoms with Crippen molar-refractivity contribution < 1.29 is 4.39 Å². The molecule has 1 rings (SSSR count). The SMILES string of the molecule is Cc1ccc(CNCCF)cn1. The molecule has 0 saturated carbocycles. The Balaban J connectivity index is 2.37. The molecular weight excluding hydrogens is 155 g/mol. The van der Waals surface area contributed by atoms with Crippen LogP contribution in [-0.4, -0.2) is 18.2 Å². The largest absolute Gasteiger partial charge is 0.310 e. The van der Waals surface area contributed by atoms with Crippen LogP contribution in [0, 0.1) is 6.92 Å². The van der Waals surface area contributed by atoms with E-state index >= 15 is 0 Å². The molecule has 0 atom stereocenters. The van der Waals surface area contributed by atoms with Crippen LogP contribution in [0.3, 0.4) is 0 Å². The first-order chi connectivity index (χ1) is 5.83. The summed E-state index contributed by atoms with van der Waals surface area (Å²) in [6.45, 7) is 2.73. The maximum Gasteiger partial charge on any atom is 0.102 e. The fourth-order valence-corrected chi connectivity index (χ4v) is 0.903. The van der Waals surface area contributed by atoms with Gasteiger partial charge >= 0.3 is 0 Å². The van der Waals surface area contributed by atoms with Gasteiger partial charge in [-0.05, 0) is 18.6 Å². The highest BCUT2D eigenvalue weighted by Crippen LogP contribution is 1.97. The first-order valence-corrected chi connectivity index (χ1v) is 4.01. The van der Waals surface area contributed by atoms with Crippen molar-refractivity contribution in [1.29, 1.82) is 0 Å². The summed E-state index contributed by atoms with van der Waals surface area (Å²) in [5.74, 6) is 0. The van der Waals surface area contributed by atoms with E-state index in [2.05, 4.69) is 10.3 Å². The third kappa shape index (κ3) is 2.96. The maximum absolute atomic E-state index is 11.7. The molecule has 0 fully saturated rings. The van der Waals surface area contributed by atoms with Crippen LogP contribution in [0.2, 0.25) is 0 Å². The van der Waals surface area contributed by atoms with Gasteiger partial charge in [-0.3, -0.25) is 4.98 Å². The van der Waals surface area contributed by atoms with E-state index in [1.54, 1.807) is 6.20 Å². The van der Waals surface area contributed by atoms with Gasteiger partial charge < -0.3 is 5.32 Å². The Labute approximate surface area is 71.8 Å². The van der Waals surface area contributed by atoms with Gasteiger partial charge in [0, 0.05) is 25.0 Å². The number of halogens is 1. The van der Waals surface area contributed by atoms with Crippen LogP contribution in [0.15, 0.2) is 18.3 Å². The summed E-state index contributed by atoms with van der Waals surface area (Å²) in [5.41, 5.74) is 2.10. The van der Waals surface area contributed by atoms with Crippen molar-refractivity contribution in [3.8, 4) is 0 Å². The highest BCUT2D eigenvalue weighted by molar-refractivity contribution is 5.12. The Morgan fingerprint density at radius 1 is 1.50 bits per heavy atom. The predicted octanol–water partition coefficient (Wildman–Crippen LogP) is 1.45. The zero-order chi connectivity index (χ0) is 8.81. The molecular formula is C9H13FN2. The average molecular weight is 168 g/mol. The lowest BCUT2D eigenvalue weighted by molar-refractivity contribution is 0.466. The van der Waals surface area contributed by atoms with Gasteiger partial charge in [0.05, 0.1) is 0 Å². The van der Waals surface area contributed by atoms with E-state index in [1.165, 1.54) is 0 Å². The average Bonchev–Trinajstić information content (AvgIpc) is 2.09. The van der Waals surface area contributed by atoms with Crippen molar-refractivity contribution in [2.24, 2.45) is 0 Å². The Kier molecular flexibility index (Phi) is 3.67. The highest BCUT2D eigenvalue weighted by atomic mass is 19.1. The molecule has 3 heteroatoms. The van der Waals surface area contributed by atoms with Crippen molar-refractivity contribution in [3.05, 3.63) is 29.6 Å². The highest BCUT2D eigenvalue weighted by Gasteiger charge is 1.91. The Morgan fingerprint density at radius 2 is 2.33 bits per heavy atom. The molecule has 0 radical (unpaired) electrons. The van der Waals surface area contributed by atoms with Gasteiger partial charge in [-0.2, -0.15) is 0 Å². The zero-order valence-electron chi connectivity index (χ0n) is 7.18. The van der Waals surface area contributed by atoms with Crippen molar-refractivity contribution in [1.82, 2.24) is 10.3 Å². The summed E-state index contributed by atoms with van der Waals surface area (Å²) in [6, 6.07) is 3.94. The van der Waals surface area contributed by atoms with E-state index in [4.69, 9.17) is 0 Å². The van der Waals surface area contributed by atoms with Gasteiger partial charge in [-0.1, -0.05) is 6.07 Å². The van der Waals surface area contributed by atoms with E-state index < -0.39 is 0 Å². The number of hydrogen-bond donors (Lipinski definition) is 1. The van der Waals surface area contributed by atoms with Crippen molar-refractivity contribution in [3.63, 3.8) is 0 Å². The third-order valence-electron chi connectivity index (χ3n) is 1.57. The topological polar surface area (TPSA) is 24.9 Å². The number of pyridine rings is 1. The molecule has 1 aromatic rings. The summed E-state index contributed by atoms with van der Waals surface area (Å²) in [7, 11) is 0. The van der Waals surface area contributed by atoms with Gasteiger partial charge in [-0.25, -0.2) is 4.39 Å². The molecule has 0 aliphatic rings. The molecule has 0 bridgehead atoms. The quantitative estimate of drug-likeness (QED) is 0.688. The van der Waals surface area contributed by atoms with E-state index in [0.717, 1.165) is 11.3 Å². The Bertz CT molecular complexity index is 220. The lowest BCUT2D eigenvalue weighted by Gasteiger charge is -2.01. The molecule has 0 saturated heterocycles. The molecule has 0 aliphatic heterocycles.